The molecule has 0 amide bonds. The molecule has 2 aromatic carbocycles. The molecule has 0 radical (unpaired) electrons. The number of carboxylic acids is 1. The Bertz CT molecular complexity index is 662. The van der Waals surface area contributed by atoms with Gasteiger partial charge in [-0.15, -0.1) is 0 Å². The van der Waals surface area contributed by atoms with Crippen molar-refractivity contribution in [3.63, 3.8) is 0 Å². The molecule has 0 aliphatic rings. The van der Waals surface area contributed by atoms with Crippen molar-refractivity contribution < 1.29 is 19.8 Å². The number of hydrogen-bond acceptors (Lipinski definition) is 3. The van der Waals surface area contributed by atoms with E-state index in [1.807, 2.05) is 0 Å². The number of phenols is 1. The molecule has 4 nitrogen and oxygen atoms in total. The minimum Gasteiger partial charge on any atom is -0.507 e. The van der Waals surface area contributed by atoms with Crippen LogP contribution in [-0.4, -0.2) is 22.0 Å². The number of carbonyl (C=O) groups excluding carboxylic acids is 1. The number of aromatic hydroxyl groups is 1. The molecule has 0 atom stereocenters. The minimum atomic E-state index is -1.27. The second-order valence-electron chi connectivity index (χ2n) is 4.26. The number of carboxylic acid groups (broad SMARTS) is 1. The molecule has 0 saturated carbocycles. The molecule has 0 spiro atoms. The fourth-order valence-corrected chi connectivity index (χ4v) is 1.90. The van der Waals surface area contributed by atoms with Gasteiger partial charge in [0.1, 0.15) is 11.3 Å². The van der Waals surface area contributed by atoms with Gasteiger partial charge < -0.3 is 10.2 Å². The second kappa shape index (κ2) is 5.75. The molecule has 102 valence electrons. The highest BCUT2D eigenvalue weighted by Crippen LogP contribution is 2.20. The lowest BCUT2D eigenvalue weighted by Gasteiger charge is -2.05. The van der Waals surface area contributed by atoms with Gasteiger partial charge in [-0.2, -0.15) is 0 Å². The van der Waals surface area contributed by atoms with Crippen molar-refractivity contribution in [2.45, 2.75) is 6.42 Å². The van der Waals surface area contributed by atoms with Gasteiger partial charge in [0.25, 0.3) is 0 Å². The zero-order valence-corrected chi connectivity index (χ0v) is 11.1. The van der Waals surface area contributed by atoms with Crippen molar-refractivity contribution in [2.75, 3.05) is 0 Å². The summed E-state index contributed by atoms with van der Waals surface area (Å²) >= 11 is 5.76. The first kappa shape index (κ1) is 14.1. The number of rotatable bonds is 4. The van der Waals surface area contributed by atoms with E-state index in [2.05, 4.69) is 0 Å². The van der Waals surface area contributed by atoms with Crippen molar-refractivity contribution in [1.29, 1.82) is 0 Å². The number of Topliss-reactive ketones (excluding diaryl/α,β-unsaturated/α-hetero) is 1. The third-order valence-electron chi connectivity index (χ3n) is 2.83. The standard InChI is InChI=1S/C15H11ClO4/c16-11-4-1-9(2-5-11)7-14(18)10-3-6-13(17)12(8-10)15(19)20/h1-6,8,17H,7H2,(H,19,20). The van der Waals surface area contributed by atoms with Crippen molar-refractivity contribution in [1.82, 2.24) is 0 Å². The summed E-state index contributed by atoms with van der Waals surface area (Å²) in [4.78, 5) is 23.0. The van der Waals surface area contributed by atoms with Crippen LogP contribution < -0.4 is 0 Å². The summed E-state index contributed by atoms with van der Waals surface area (Å²) < 4.78 is 0. The summed E-state index contributed by atoms with van der Waals surface area (Å²) in [6, 6.07) is 10.6. The molecule has 0 aliphatic heterocycles. The Labute approximate surface area is 120 Å². The van der Waals surface area contributed by atoms with E-state index in [0.29, 0.717) is 5.02 Å². The summed E-state index contributed by atoms with van der Waals surface area (Å²) in [7, 11) is 0. The Hall–Kier alpha value is -2.33. The van der Waals surface area contributed by atoms with Gasteiger partial charge in [-0.05, 0) is 35.9 Å². The lowest BCUT2D eigenvalue weighted by atomic mass is 10.0. The van der Waals surface area contributed by atoms with Crippen molar-refractivity contribution in [3.8, 4) is 5.75 Å². The molecule has 0 bridgehead atoms. The monoisotopic (exact) mass is 290 g/mol. The maximum absolute atomic E-state index is 12.1. The number of benzene rings is 2. The van der Waals surface area contributed by atoms with E-state index < -0.39 is 5.97 Å². The van der Waals surface area contributed by atoms with Crippen LogP contribution in [0.3, 0.4) is 0 Å². The van der Waals surface area contributed by atoms with E-state index in [-0.39, 0.29) is 29.1 Å². The molecule has 0 unspecified atom stereocenters. The van der Waals surface area contributed by atoms with E-state index in [0.717, 1.165) is 5.56 Å². The average Bonchev–Trinajstić information content (AvgIpc) is 2.41. The molecule has 2 rings (SSSR count). The Morgan fingerprint density at radius 2 is 1.70 bits per heavy atom. The number of ketones is 1. The Morgan fingerprint density at radius 3 is 2.30 bits per heavy atom. The van der Waals surface area contributed by atoms with E-state index in [1.54, 1.807) is 24.3 Å². The summed E-state index contributed by atoms with van der Waals surface area (Å²) in [6.07, 6.45) is 0.140. The van der Waals surface area contributed by atoms with Gasteiger partial charge in [0, 0.05) is 17.0 Å². The topological polar surface area (TPSA) is 74.6 Å². The van der Waals surface area contributed by atoms with Gasteiger partial charge >= 0.3 is 5.97 Å². The van der Waals surface area contributed by atoms with Crippen molar-refractivity contribution in [2.24, 2.45) is 0 Å². The molecule has 20 heavy (non-hydrogen) atoms. The van der Waals surface area contributed by atoms with Gasteiger partial charge in [0.05, 0.1) is 0 Å². The second-order valence-corrected chi connectivity index (χ2v) is 4.70. The van der Waals surface area contributed by atoms with Crippen LogP contribution in [0.1, 0.15) is 26.3 Å². The summed E-state index contributed by atoms with van der Waals surface area (Å²) in [5, 5.41) is 18.9. The first-order valence-electron chi connectivity index (χ1n) is 5.81. The van der Waals surface area contributed by atoms with Crippen LogP contribution in [0.15, 0.2) is 42.5 Å². The van der Waals surface area contributed by atoms with Gasteiger partial charge in [0.15, 0.2) is 5.78 Å². The maximum Gasteiger partial charge on any atom is 0.339 e. The molecule has 0 fully saturated rings. The van der Waals surface area contributed by atoms with Crippen LogP contribution >= 0.6 is 11.6 Å². The average molecular weight is 291 g/mol. The molecular formula is C15H11ClO4. The third kappa shape index (κ3) is 3.16. The number of hydrogen-bond donors (Lipinski definition) is 2. The molecular weight excluding hydrogens is 280 g/mol. The highest BCUT2D eigenvalue weighted by Gasteiger charge is 2.14. The molecule has 0 aliphatic carbocycles. The zero-order chi connectivity index (χ0) is 14.7. The number of aromatic carboxylic acids is 1. The fourth-order valence-electron chi connectivity index (χ4n) is 1.77. The van der Waals surface area contributed by atoms with Crippen LogP contribution in [0.5, 0.6) is 5.75 Å². The lowest BCUT2D eigenvalue weighted by molar-refractivity contribution is 0.0693. The lowest BCUT2D eigenvalue weighted by Crippen LogP contribution is -2.06. The van der Waals surface area contributed by atoms with E-state index >= 15 is 0 Å². The number of halogens is 1. The predicted molar refractivity (Wildman–Crippen MR) is 74.6 cm³/mol. The van der Waals surface area contributed by atoms with Gasteiger partial charge in [-0.1, -0.05) is 23.7 Å². The molecule has 0 heterocycles. The van der Waals surface area contributed by atoms with Gasteiger partial charge in [-0.3, -0.25) is 4.79 Å². The molecule has 5 heteroatoms. The first-order valence-corrected chi connectivity index (χ1v) is 6.19. The fraction of sp³-hybridized carbons (Fsp3) is 0.0667. The van der Waals surface area contributed by atoms with Crippen LogP contribution in [0.2, 0.25) is 5.02 Å². The SMILES string of the molecule is O=C(Cc1ccc(Cl)cc1)c1ccc(O)c(C(=O)O)c1. The van der Waals surface area contributed by atoms with Crippen LogP contribution in [-0.2, 0) is 6.42 Å². The highest BCUT2D eigenvalue weighted by molar-refractivity contribution is 6.30. The quantitative estimate of drug-likeness (QED) is 0.848. The van der Waals surface area contributed by atoms with Crippen LogP contribution in [0, 0.1) is 0 Å². The van der Waals surface area contributed by atoms with Gasteiger partial charge in [0.2, 0.25) is 0 Å². The molecule has 2 aromatic rings. The summed E-state index contributed by atoms with van der Waals surface area (Å²) in [6.45, 7) is 0. The normalized spacial score (nSPS) is 10.2. The van der Waals surface area contributed by atoms with Crippen molar-refractivity contribution in [3.05, 3.63) is 64.2 Å². The molecule has 0 aromatic heterocycles. The predicted octanol–water partition coefficient (Wildman–Crippen LogP) is 3.17. The first-order chi connectivity index (χ1) is 9.47. The largest absolute Gasteiger partial charge is 0.507 e. The Kier molecular flexibility index (Phi) is 4.05. The van der Waals surface area contributed by atoms with E-state index in [1.165, 1.54) is 18.2 Å². The third-order valence-corrected chi connectivity index (χ3v) is 3.08. The molecule has 0 saturated heterocycles. The van der Waals surface area contributed by atoms with E-state index in [9.17, 15) is 14.7 Å². The van der Waals surface area contributed by atoms with Crippen LogP contribution in [0.25, 0.3) is 0 Å². The number of carbonyl (C=O) groups is 2. The van der Waals surface area contributed by atoms with Gasteiger partial charge in [-0.25, -0.2) is 4.79 Å². The zero-order valence-electron chi connectivity index (χ0n) is 10.3. The maximum atomic E-state index is 12.1. The molecule has 2 N–H and O–H groups in total. The Morgan fingerprint density at radius 1 is 1.05 bits per heavy atom. The highest BCUT2D eigenvalue weighted by atomic mass is 35.5. The van der Waals surface area contributed by atoms with Crippen LogP contribution in [0.4, 0.5) is 0 Å². The van der Waals surface area contributed by atoms with E-state index in [4.69, 9.17) is 16.7 Å². The summed E-state index contributed by atoms with van der Waals surface area (Å²) in [5.41, 5.74) is 0.742. The Balaban J connectivity index is 2.23. The minimum absolute atomic E-state index is 0.140. The summed E-state index contributed by atoms with van der Waals surface area (Å²) in [5.74, 6) is -1.86. The smallest absolute Gasteiger partial charge is 0.339 e. The van der Waals surface area contributed by atoms with Crippen molar-refractivity contribution >= 4 is 23.4 Å².